The molecule has 0 saturated carbocycles. The van der Waals surface area contributed by atoms with Gasteiger partial charge in [-0.15, -0.1) is 0 Å². The summed E-state index contributed by atoms with van der Waals surface area (Å²) in [5.74, 6) is -2.39. The number of esters is 1. The van der Waals surface area contributed by atoms with Crippen LogP contribution in [0.25, 0.3) is 0 Å². The maximum absolute atomic E-state index is 12.2. The summed E-state index contributed by atoms with van der Waals surface area (Å²) in [6, 6.07) is -1.54. The number of rotatable bonds is 35. The lowest BCUT2D eigenvalue weighted by atomic mass is 10.0. The first-order valence-electron chi connectivity index (χ1n) is 18.6. The molecule has 0 aromatic heterocycles. The molecule has 0 saturated heterocycles. The first-order valence-corrected chi connectivity index (χ1v) is 20.1. The average molecular weight is 694 g/mol. The topological polar surface area (TPSA) is 169 Å². The fourth-order valence-electron chi connectivity index (χ4n) is 5.20. The zero-order valence-corrected chi connectivity index (χ0v) is 30.5. The van der Waals surface area contributed by atoms with Gasteiger partial charge in [-0.2, -0.15) is 0 Å². The van der Waals surface area contributed by atoms with Crippen molar-refractivity contribution in [3.63, 3.8) is 0 Å². The molecule has 0 rings (SSSR count). The number of carbonyl (C=O) groups excluding carboxylic acids is 2. The number of nitrogens with one attached hydrogen (secondary N) is 1. The van der Waals surface area contributed by atoms with E-state index in [2.05, 4.69) is 16.8 Å². The van der Waals surface area contributed by atoms with E-state index in [4.69, 9.17) is 9.26 Å². The molecule has 0 fully saturated rings. The molecule has 11 nitrogen and oxygen atoms in total. The highest BCUT2D eigenvalue weighted by molar-refractivity contribution is 7.47. The van der Waals surface area contributed by atoms with Gasteiger partial charge in [0.1, 0.15) is 12.7 Å². The maximum Gasteiger partial charge on any atom is 0.472 e. The number of hydrogen-bond donors (Lipinski definition) is 4. The molecule has 4 N–H and O–H groups in total. The van der Waals surface area contributed by atoms with Gasteiger partial charge in [0.05, 0.1) is 13.2 Å². The quantitative estimate of drug-likeness (QED) is 0.0287. The molecule has 3 atom stereocenters. The van der Waals surface area contributed by atoms with Gasteiger partial charge in [-0.3, -0.25) is 18.6 Å². The number of amides is 1. The van der Waals surface area contributed by atoms with Gasteiger partial charge in [-0.05, 0) is 12.8 Å². The van der Waals surface area contributed by atoms with Gasteiger partial charge in [0.15, 0.2) is 6.04 Å². The summed E-state index contributed by atoms with van der Waals surface area (Å²) in [4.78, 5) is 45.2. The normalized spacial score (nSPS) is 14.0. The predicted molar refractivity (Wildman–Crippen MR) is 185 cm³/mol. The van der Waals surface area contributed by atoms with Crippen molar-refractivity contribution in [2.75, 3.05) is 19.8 Å². The molecule has 0 aliphatic heterocycles. The lowest BCUT2D eigenvalue weighted by Gasteiger charge is -2.18. The summed E-state index contributed by atoms with van der Waals surface area (Å²) in [5.41, 5.74) is 0. The molecule has 0 aromatic rings. The van der Waals surface area contributed by atoms with Crippen LogP contribution in [-0.2, 0) is 32.7 Å². The smallest absolute Gasteiger partial charge is 0.472 e. The Morgan fingerprint density at radius 2 is 0.979 bits per heavy atom. The number of phosphoric acid groups is 1. The summed E-state index contributed by atoms with van der Waals surface area (Å²) in [6.07, 6.45) is 26.7. The number of aliphatic carboxylic acids is 1. The van der Waals surface area contributed by atoms with Crippen molar-refractivity contribution >= 4 is 25.7 Å². The monoisotopic (exact) mass is 693 g/mol. The van der Waals surface area contributed by atoms with Crippen LogP contribution in [0.3, 0.4) is 0 Å². The van der Waals surface area contributed by atoms with Gasteiger partial charge >= 0.3 is 19.8 Å². The zero-order valence-electron chi connectivity index (χ0n) is 29.6. The standard InChI is InChI=1S/C35H68NO10P/c1-3-5-7-8-9-10-11-12-13-14-15-16-17-18-19-20-21-22-23-25-26-33(38)36-32(35(40)41)30-46-47(42,43)45-29-31(37)28-44-34(39)27-24-6-4-2/h31-32,37H,3-30H2,1-2H3,(H,36,38)(H,40,41)(H,42,43). The highest BCUT2D eigenvalue weighted by Crippen LogP contribution is 2.43. The molecule has 0 heterocycles. The van der Waals surface area contributed by atoms with Crippen molar-refractivity contribution in [3.05, 3.63) is 0 Å². The summed E-state index contributed by atoms with van der Waals surface area (Å²) in [7, 11) is -4.73. The molecule has 47 heavy (non-hydrogen) atoms. The molecule has 0 radical (unpaired) electrons. The highest BCUT2D eigenvalue weighted by Gasteiger charge is 2.28. The second-order valence-corrected chi connectivity index (χ2v) is 14.2. The second-order valence-electron chi connectivity index (χ2n) is 12.8. The van der Waals surface area contributed by atoms with E-state index in [1.165, 1.54) is 103 Å². The van der Waals surface area contributed by atoms with Crippen molar-refractivity contribution in [2.45, 2.75) is 187 Å². The SMILES string of the molecule is CCCCCCCCCCCCCCCCCCCCCCC(=O)NC(COP(=O)(O)OCC(O)COC(=O)CCCCC)C(=O)O. The van der Waals surface area contributed by atoms with Crippen LogP contribution in [0.4, 0.5) is 0 Å². The van der Waals surface area contributed by atoms with E-state index >= 15 is 0 Å². The van der Waals surface area contributed by atoms with Crippen LogP contribution >= 0.6 is 7.82 Å². The first kappa shape index (κ1) is 45.5. The Kier molecular flexibility index (Phi) is 30.7. The van der Waals surface area contributed by atoms with Gasteiger partial charge in [0.2, 0.25) is 5.91 Å². The van der Waals surface area contributed by atoms with Crippen molar-refractivity contribution in [1.29, 1.82) is 0 Å². The van der Waals surface area contributed by atoms with Gasteiger partial charge in [0.25, 0.3) is 0 Å². The molecule has 0 aliphatic rings. The highest BCUT2D eigenvalue weighted by atomic mass is 31.2. The van der Waals surface area contributed by atoms with E-state index in [1.54, 1.807) is 0 Å². The van der Waals surface area contributed by atoms with Gasteiger partial charge in [-0.1, -0.05) is 149 Å². The molecule has 12 heteroatoms. The lowest BCUT2D eigenvalue weighted by molar-refractivity contribution is -0.147. The Balaban J connectivity index is 3.81. The summed E-state index contributed by atoms with van der Waals surface area (Å²) in [5, 5.41) is 21.5. The van der Waals surface area contributed by atoms with Crippen LogP contribution in [0.2, 0.25) is 0 Å². The number of hydrogen-bond acceptors (Lipinski definition) is 8. The molecule has 3 unspecified atom stereocenters. The molecule has 0 bridgehead atoms. The molecule has 0 aromatic carbocycles. The van der Waals surface area contributed by atoms with Gasteiger partial charge in [0, 0.05) is 12.8 Å². The zero-order chi connectivity index (χ0) is 35.0. The fourth-order valence-corrected chi connectivity index (χ4v) is 5.97. The average Bonchev–Trinajstić information content (AvgIpc) is 3.03. The minimum absolute atomic E-state index is 0.152. The third kappa shape index (κ3) is 31.5. The van der Waals surface area contributed by atoms with Crippen molar-refractivity contribution in [1.82, 2.24) is 5.32 Å². The summed E-state index contributed by atoms with van der Waals surface area (Å²) < 4.78 is 26.4. The number of carbonyl (C=O) groups is 3. The van der Waals surface area contributed by atoms with Gasteiger partial charge < -0.3 is 25.2 Å². The molecule has 1 amide bonds. The molecule has 0 aliphatic carbocycles. The Bertz CT molecular complexity index is 828. The van der Waals surface area contributed by atoms with Crippen LogP contribution < -0.4 is 5.32 Å². The van der Waals surface area contributed by atoms with E-state index < -0.39 is 57.6 Å². The van der Waals surface area contributed by atoms with Crippen LogP contribution in [0, 0.1) is 0 Å². The predicted octanol–water partition coefficient (Wildman–Crippen LogP) is 8.39. The van der Waals surface area contributed by atoms with E-state index in [0.717, 1.165) is 32.1 Å². The Morgan fingerprint density at radius 1 is 0.596 bits per heavy atom. The largest absolute Gasteiger partial charge is 0.480 e. The lowest BCUT2D eigenvalue weighted by Crippen LogP contribution is -2.43. The van der Waals surface area contributed by atoms with Crippen LogP contribution in [0.15, 0.2) is 0 Å². The summed E-state index contributed by atoms with van der Waals surface area (Å²) in [6.45, 7) is 2.38. The Hall–Kier alpha value is -1.52. The molecular weight excluding hydrogens is 625 g/mol. The summed E-state index contributed by atoms with van der Waals surface area (Å²) >= 11 is 0. The van der Waals surface area contributed by atoms with E-state index in [9.17, 15) is 34.1 Å². The third-order valence-electron chi connectivity index (χ3n) is 8.15. The van der Waals surface area contributed by atoms with Crippen molar-refractivity contribution in [3.8, 4) is 0 Å². The number of carboxylic acid groups (broad SMARTS) is 1. The fraction of sp³-hybridized carbons (Fsp3) is 0.914. The van der Waals surface area contributed by atoms with Gasteiger partial charge in [-0.25, -0.2) is 9.36 Å². The first-order chi connectivity index (χ1) is 22.6. The number of ether oxygens (including phenoxy) is 1. The number of phosphoric ester groups is 1. The number of unbranched alkanes of at least 4 members (excludes halogenated alkanes) is 21. The Morgan fingerprint density at radius 3 is 1.43 bits per heavy atom. The minimum atomic E-state index is -4.73. The van der Waals surface area contributed by atoms with E-state index in [0.29, 0.717) is 12.8 Å². The van der Waals surface area contributed by atoms with E-state index in [1.807, 2.05) is 6.92 Å². The molecular formula is C35H68NO10P. The molecule has 0 spiro atoms. The van der Waals surface area contributed by atoms with E-state index in [-0.39, 0.29) is 12.8 Å². The van der Waals surface area contributed by atoms with Crippen molar-refractivity contribution in [2.24, 2.45) is 0 Å². The number of carboxylic acids is 1. The minimum Gasteiger partial charge on any atom is -0.480 e. The Labute approximate surface area is 284 Å². The number of aliphatic hydroxyl groups is 1. The maximum atomic E-state index is 12.2. The third-order valence-corrected chi connectivity index (χ3v) is 9.10. The van der Waals surface area contributed by atoms with Crippen LogP contribution in [-0.4, -0.2) is 64.9 Å². The second kappa shape index (κ2) is 31.7. The van der Waals surface area contributed by atoms with Crippen molar-refractivity contribution < 1.29 is 47.8 Å². The molecule has 278 valence electrons. The number of aliphatic hydroxyl groups excluding tert-OH is 1. The van der Waals surface area contributed by atoms with Crippen LogP contribution in [0.5, 0.6) is 0 Å². The van der Waals surface area contributed by atoms with Crippen LogP contribution in [0.1, 0.15) is 174 Å².